The van der Waals surface area contributed by atoms with Crippen LogP contribution in [0.5, 0.6) is 0 Å². The third kappa shape index (κ3) is 4.96. The van der Waals surface area contributed by atoms with Crippen molar-refractivity contribution < 1.29 is 27.9 Å². The number of rotatable bonds is 4. The molecule has 0 fully saturated rings. The second-order valence-corrected chi connectivity index (χ2v) is 3.67. The highest BCUT2D eigenvalue weighted by atomic mass is 19.4. The summed E-state index contributed by atoms with van der Waals surface area (Å²) >= 11 is 0. The second-order valence-electron chi connectivity index (χ2n) is 3.67. The van der Waals surface area contributed by atoms with Gasteiger partial charge >= 0.3 is 12.1 Å². The molecule has 9 heteroatoms. The van der Waals surface area contributed by atoms with E-state index in [1.54, 1.807) is 0 Å². The summed E-state index contributed by atoms with van der Waals surface area (Å²) in [7, 11) is 0. The Morgan fingerprint density at radius 3 is 2.50 bits per heavy atom. The number of pyridine rings is 1. The van der Waals surface area contributed by atoms with Crippen LogP contribution < -0.4 is 10.9 Å². The fourth-order valence-corrected chi connectivity index (χ4v) is 1.21. The molecule has 0 bridgehead atoms. The first-order valence-electron chi connectivity index (χ1n) is 5.21. The molecule has 0 aliphatic heterocycles. The van der Waals surface area contributed by atoms with Gasteiger partial charge in [0.2, 0.25) is 0 Å². The Morgan fingerprint density at radius 2 is 1.95 bits per heavy atom. The number of aromatic nitrogens is 1. The molecule has 1 aromatic rings. The number of carboxylic acids is 1. The smallest absolute Gasteiger partial charge is 0.416 e. The fraction of sp³-hybridized carbons (Fsp3) is 0.182. The van der Waals surface area contributed by atoms with Crippen LogP contribution >= 0.6 is 0 Å². The summed E-state index contributed by atoms with van der Waals surface area (Å²) in [5.41, 5.74) is 3.35. The van der Waals surface area contributed by atoms with Crippen LogP contribution in [0.25, 0.3) is 0 Å². The van der Waals surface area contributed by atoms with Crippen LogP contribution in [0.4, 0.5) is 19.0 Å². The van der Waals surface area contributed by atoms with E-state index < -0.39 is 23.6 Å². The number of alkyl halides is 3. The SMILES string of the molecule is Cc1cc(C(F)(F)F)cc(NNC(=O)C=CC(=O)O)n1. The molecule has 1 amide bonds. The highest BCUT2D eigenvalue weighted by Gasteiger charge is 2.31. The Hall–Kier alpha value is -2.58. The third-order valence-corrected chi connectivity index (χ3v) is 1.97. The summed E-state index contributed by atoms with van der Waals surface area (Å²) < 4.78 is 37.6. The van der Waals surface area contributed by atoms with E-state index in [0.717, 1.165) is 6.07 Å². The number of carbonyl (C=O) groups excluding carboxylic acids is 1. The van der Waals surface area contributed by atoms with Gasteiger partial charge in [-0.3, -0.25) is 15.6 Å². The van der Waals surface area contributed by atoms with Crippen LogP contribution in [0.3, 0.4) is 0 Å². The number of carbonyl (C=O) groups is 2. The summed E-state index contributed by atoms with van der Waals surface area (Å²) in [6, 6.07) is 1.57. The van der Waals surface area contributed by atoms with E-state index in [0.29, 0.717) is 18.2 Å². The summed E-state index contributed by atoms with van der Waals surface area (Å²) in [5.74, 6) is -2.38. The van der Waals surface area contributed by atoms with E-state index in [9.17, 15) is 22.8 Å². The lowest BCUT2D eigenvalue weighted by molar-refractivity contribution is -0.137. The molecule has 1 rings (SSSR count). The topological polar surface area (TPSA) is 91.3 Å². The molecule has 3 N–H and O–H groups in total. The average Bonchev–Trinajstić information content (AvgIpc) is 2.32. The van der Waals surface area contributed by atoms with Crippen molar-refractivity contribution in [1.29, 1.82) is 0 Å². The predicted molar refractivity (Wildman–Crippen MR) is 62.5 cm³/mol. The van der Waals surface area contributed by atoms with Gasteiger partial charge < -0.3 is 5.11 Å². The zero-order valence-corrected chi connectivity index (χ0v) is 10.2. The number of halogens is 3. The van der Waals surface area contributed by atoms with E-state index in [1.807, 2.05) is 5.43 Å². The van der Waals surface area contributed by atoms with Crippen molar-refractivity contribution in [3.63, 3.8) is 0 Å². The monoisotopic (exact) mass is 289 g/mol. The standard InChI is InChI=1S/C11H10F3N3O3/c1-6-4-7(11(12,13)14)5-8(15-6)16-17-9(18)2-3-10(19)20/h2-5H,1H3,(H,15,16)(H,17,18)(H,19,20). The first-order chi connectivity index (χ1) is 9.18. The Balaban J connectivity index is 2.76. The van der Waals surface area contributed by atoms with Crippen LogP contribution in [0.2, 0.25) is 0 Å². The zero-order valence-electron chi connectivity index (χ0n) is 10.2. The minimum atomic E-state index is -4.53. The first-order valence-corrected chi connectivity index (χ1v) is 5.21. The fourth-order valence-electron chi connectivity index (χ4n) is 1.21. The van der Waals surface area contributed by atoms with Gasteiger partial charge in [0.25, 0.3) is 5.91 Å². The number of nitrogens with one attached hydrogen (secondary N) is 2. The third-order valence-electron chi connectivity index (χ3n) is 1.97. The molecule has 20 heavy (non-hydrogen) atoms. The normalized spacial score (nSPS) is 11.4. The van der Waals surface area contributed by atoms with Crippen molar-refractivity contribution in [3.8, 4) is 0 Å². The highest BCUT2D eigenvalue weighted by Crippen LogP contribution is 2.30. The van der Waals surface area contributed by atoms with Gasteiger partial charge in [-0.05, 0) is 19.1 Å². The maximum absolute atomic E-state index is 12.5. The van der Waals surface area contributed by atoms with Crippen molar-refractivity contribution in [3.05, 3.63) is 35.5 Å². The van der Waals surface area contributed by atoms with E-state index in [-0.39, 0.29) is 11.5 Å². The number of amides is 1. The number of aryl methyl sites for hydroxylation is 1. The van der Waals surface area contributed by atoms with Gasteiger partial charge in [-0.15, -0.1) is 0 Å². The Labute approximate surface area is 111 Å². The van der Waals surface area contributed by atoms with E-state index >= 15 is 0 Å². The van der Waals surface area contributed by atoms with E-state index in [2.05, 4.69) is 10.4 Å². The first kappa shape index (κ1) is 15.5. The van der Waals surface area contributed by atoms with Crippen LogP contribution in [-0.4, -0.2) is 22.0 Å². The number of carboxylic acid groups (broad SMARTS) is 1. The van der Waals surface area contributed by atoms with Gasteiger partial charge in [-0.1, -0.05) is 0 Å². The van der Waals surface area contributed by atoms with Crippen molar-refractivity contribution in [1.82, 2.24) is 10.4 Å². The molecule has 0 atom stereocenters. The molecule has 1 aromatic heterocycles. The summed E-state index contributed by atoms with van der Waals surface area (Å²) in [6.45, 7) is 1.37. The molecule has 0 radical (unpaired) electrons. The van der Waals surface area contributed by atoms with E-state index in [4.69, 9.17) is 5.11 Å². The summed E-state index contributed by atoms with van der Waals surface area (Å²) in [5, 5.41) is 8.29. The number of hydrazine groups is 1. The summed E-state index contributed by atoms with van der Waals surface area (Å²) in [4.78, 5) is 25.0. The predicted octanol–water partition coefficient (Wildman–Crippen LogP) is 1.49. The minimum absolute atomic E-state index is 0.109. The van der Waals surface area contributed by atoms with Crippen molar-refractivity contribution in [2.75, 3.05) is 5.43 Å². The van der Waals surface area contributed by atoms with Gasteiger partial charge in [0.15, 0.2) is 0 Å². The minimum Gasteiger partial charge on any atom is -0.478 e. The number of nitrogens with zero attached hydrogens (tertiary/aromatic N) is 1. The van der Waals surface area contributed by atoms with Crippen LogP contribution in [0.1, 0.15) is 11.3 Å². The van der Waals surface area contributed by atoms with Crippen LogP contribution in [0.15, 0.2) is 24.3 Å². The number of hydrogen-bond donors (Lipinski definition) is 3. The largest absolute Gasteiger partial charge is 0.478 e. The van der Waals surface area contributed by atoms with E-state index in [1.165, 1.54) is 6.92 Å². The molecule has 108 valence electrons. The molecule has 0 aliphatic rings. The quantitative estimate of drug-likeness (QED) is 0.577. The van der Waals surface area contributed by atoms with Crippen LogP contribution in [0, 0.1) is 6.92 Å². The molecule has 0 aliphatic carbocycles. The second kappa shape index (κ2) is 6.04. The van der Waals surface area contributed by atoms with Gasteiger partial charge in [-0.25, -0.2) is 9.78 Å². The molecule has 0 saturated carbocycles. The van der Waals surface area contributed by atoms with Crippen molar-refractivity contribution in [2.45, 2.75) is 13.1 Å². The molecule has 0 saturated heterocycles. The molecule has 1 heterocycles. The van der Waals surface area contributed by atoms with Gasteiger partial charge in [-0.2, -0.15) is 13.2 Å². The number of anilines is 1. The average molecular weight is 289 g/mol. The van der Waals surface area contributed by atoms with Gasteiger partial charge in [0.05, 0.1) is 5.56 Å². The zero-order chi connectivity index (χ0) is 15.3. The maximum Gasteiger partial charge on any atom is 0.416 e. The number of aliphatic carboxylic acids is 1. The Kier molecular flexibility index (Phi) is 4.68. The van der Waals surface area contributed by atoms with Gasteiger partial charge in [0.1, 0.15) is 5.82 Å². The Bertz CT molecular complexity index is 556. The summed E-state index contributed by atoms with van der Waals surface area (Å²) in [6.07, 6.45) is -3.24. The highest BCUT2D eigenvalue weighted by molar-refractivity contribution is 5.94. The molecular formula is C11H10F3N3O3. The Morgan fingerprint density at radius 1 is 1.30 bits per heavy atom. The molecule has 6 nitrogen and oxygen atoms in total. The molecule has 0 unspecified atom stereocenters. The molecule has 0 spiro atoms. The maximum atomic E-state index is 12.5. The molecular weight excluding hydrogens is 279 g/mol. The van der Waals surface area contributed by atoms with Gasteiger partial charge in [0, 0.05) is 17.8 Å². The lowest BCUT2D eigenvalue weighted by Crippen LogP contribution is -2.28. The lowest BCUT2D eigenvalue weighted by Gasteiger charge is -2.11. The number of hydrogen-bond acceptors (Lipinski definition) is 4. The van der Waals surface area contributed by atoms with Crippen molar-refractivity contribution in [2.24, 2.45) is 0 Å². The van der Waals surface area contributed by atoms with Crippen molar-refractivity contribution >= 4 is 17.7 Å². The lowest BCUT2D eigenvalue weighted by atomic mass is 10.2. The molecule has 0 aromatic carbocycles. The van der Waals surface area contributed by atoms with Crippen LogP contribution in [-0.2, 0) is 15.8 Å².